The second-order valence-corrected chi connectivity index (χ2v) is 6.19. The Bertz CT molecular complexity index is 966. The van der Waals surface area contributed by atoms with E-state index in [9.17, 15) is 0 Å². The molecule has 0 amide bonds. The van der Waals surface area contributed by atoms with E-state index in [1.807, 2.05) is 59.1 Å². The molecule has 132 valence electrons. The standard InChI is InChI=1S/C23H20N4/c1-19(20-12-14-21(15-13-20)26-17-16-24-18-26)25-27(22-8-4-2-5-9-22)23-10-6-3-7-11-23/h2-18H,1H3/b25-19+. The zero-order chi connectivity index (χ0) is 18.5. The van der Waals surface area contributed by atoms with Gasteiger partial charge in [-0.3, -0.25) is 0 Å². The van der Waals surface area contributed by atoms with Crippen LogP contribution in [-0.4, -0.2) is 15.3 Å². The highest BCUT2D eigenvalue weighted by atomic mass is 15.5. The van der Waals surface area contributed by atoms with Crippen LogP contribution in [0.2, 0.25) is 0 Å². The first-order valence-electron chi connectivity index (χ1n) is 8.85. The molecule has 3 aromatic carbocycles. The number of benzene rings is 3. The lowest BCUT2D eigenvalue weighted by atomic mass is 10.1. The number of hydrazone groups is 1. The monoisotopic (exact) mass is 352 g/mol. The second-order valence-electron chi connectivity index (χ2n) is 6.19. The molecule has 0 aliphatic rings. The van der Waals surface area contributed by atoms with Gasteiger partial charge >= 0.3 is 0 Å². The molecule has 0 fully saturated rings. The molecule has 1 aromatic heterocycles. The smallest absolute Gasteiger partial charge is 0.0991 e. The van der Waals surface area contributed by atoms with Crippen molar-refractivity contribution in [3.8, 4) is 5.69 Å². The molecule has 0 aliphatic carbocycles. The summed E-state index contributed by atoms with van der Waals surface area (Å²) in [4.78, 5) is 4.10. The molecule has 0 saturated carbocycles. The maximum absolute atomic E-state index is 4.91. The third-order valence-electron chi connectivity index (χ3n) is 4.34. The highest BCUT2D eigenvalue weighted by Crippen LogP contribution is 2.26. The molecule has 4 heteroatoms. The van der Waals surface area contributed by atoms with Crippen molar-refractivity contribution in [3.63, 3.8) is 0 Å². The van der Waals surface area contributed by atoms with E-state index in [-0.39, 0.29) is 0 Å². The molecule has 0 atom stereocenters. The summed E-state index contributed by atoms with van der Waals surface area (Å²) in [7, 11) is 0. The van der Waals surface area contributed by atoms with Crippen LogP contribution in [-0.2, 0) is 0 Å². The number of imidazole rings is 1. The first-order chi connectivity index (χ1) is 13.3. The zero-order valence-electron chi connectivity index (χ0n) is 15.1. The molecule has 4 rings (SSSR count). The first kappa shape index (κ1) is 16.8. The topological polar surface area (TPSA) is 33.4 Å². The number of anilines is 2. The number of aromatic nitrogens is 2. The first-order valence-corrected chi connectivity index (χ1v) is 8.85. The Morgan fingerprint density at radius 1 is 0.815 bits per heavy atom. The third kappa shape index (κ3) is 3.80. The molecule has 0 saturated heterocycles. The molecule has 1 heterocycles. The third-order valence-corrected chi connectivity index (χ3v) is 4.34. The van der Waals surface area contributed by atoms with Crippen molar-refractivity contribution in [3.05, 3.63) is 109 Å². The van der Waals surface area contributed by atoms with E-state index >= 15 is 0 Å². The van der Waals surface area contributed by atoms with Gasteiger partial charge in [0.05, 0.1) is 23.4 Å². The van der Waals surface area contributed by atoms with Gasteiger partial charge in [-0.2, -0.15) is 5.10 Å². The van der Waals surface area contributed by atoms with Gasteiger partial charge in [0.15, 0.2) is 0 Å². The molecule has 27 heavy (non-hydrogen) atoms. The van der Waals surface area contributed by atoms with E-state index in [1.54, 1.807) is 12.5 Å². The van der Waals surface area contributed by atoms with Gasteiger partial charge in [-0.1, -0.05) is 48.5 Å². The van der Waals surface area contributed by atoms with Gasteiger partial charge in [-0.05, 0) is 48.9 Å². The van der Waals surface area contributed by atoms with Crippen LogP contribution in [0.1, 0.15) is 12.5 Å². The van der Waals surface area contributed by atoms with Gasteiger partial charge in [0.25, 0.3) is 0 Å². The second kappa shape index (κ2) is 7.70. The predicted molar refractivity (Wildman–Crippen MR) is 111 cm³/mol. The van der Waals surface area contributed by atoms with Crippen LogP contribution in [0.5, 0.6) is 0 Å². The average molecular weight is 352 g/mol. The predicted octanol–water partition coefficient (Wildman–Crippen LogP) is 5.43. The van der Waals surface area contributed by atoms with E-state index in [0.29, 0.717) is 0 Å². The molecule has 0 bridgehead atoms. The molecule has 4 aromatic rings. The summed E-state index contributed by atoms with van der Waals surface area (Å²) in [5.74, 6) is 0. The van der Waals surface area contributed by atoms with Crippen LogP contribution < -0.4 is 5.01 Å². The molecule has 0 N–H and O–H groups in total. The fourth-order valence-corrected chi connectivity index (χ4v) is 2.90. The Labute approximate surface area is 159 Å². The summed E-state index contributed by atoms with van der Waals surface area (Å²) < 4.78 is 1.98. The Balaban J connectivity index is 1.68. The van der Waals surface area contributed by atoms with Crippen LogP contribution in [0, 0.1) is 0 Å². The summed E-state index contributed by atoms with van der Waals surface area (Å²) >= 11 is 0. The van der Waals surface area contributed by atoms with Crippen LogP contribution in [0.25, 0.3) is 5.69 Å². The lowest BCUT2D eigenvalue weighted by molar-refractivity contribution is 1.05. The Hall–Kier alpha value is -3.66. The van der Waals surface area contributed by atoms with Gasteiger partial charge in [-0.25, -0.2) is 9.99 Å². The number of rotatable bonds is 5. The van der Waals surface area contributed by atoms with Crippen molar-refractivity contribution in [1.29, 1.82) is 0 Å². The van der Waals surface area contributed by atoms with Crippen LogP contribution in [0.15, 0.2) is 109 Å². The summed E-state index contributed by atoms with van der Waals surface area (Å²) in [6.45, 7) is 2.03. The van der Waals surface area contributed by atoms with Crippen molar-refractivity contribution in [2.45, 2.75) is 6.92 Å². The summed E-state index contributed by atoms with van der Waals surface area (Å²) in [6.07, 6.45) is 5.50. The quantitative estimate of drug-likeness (QED) is 0.354. The molecular formula is C23H20N4. The van der Waals surface area contributed by atoms with Gasteiger partial charge < -0.3 is 4.57 Å². The molecule has 4 nitrogen and oxygen atoms in total. The van der Waals surface area contributed by atoms with Crippen molar-refractivity contribution < 1.29 is 0 Å². The van der Waals surface area contributed by atoms with Crippen molar-refractivity contribution in [1.82, 2.24) is 9.55 Å². The summed E-state index contributed by atoms with van der Waals surface area (Å²) in [6, 6.07) is 28.7. The highest BCUT2D eigenvalue weighted by molar-refractivity contribution is 5.99. The largest absolute Gasteiger partial charge is 0.306 e. The normalized spacial score (nSPS) is 11.4. The zero-order valence-corrected chi connectivity index (χ0v) is 15.1. The fourth-order valence-electron chi connectivity index (χ4n) is 2.90. The van der Waals surface area contributed by atoms with Crippen LogP contribution >= 0.6 is 0 Å². The lowest BCUT2D eigenvalue weighted by Crippen LogP contribution is -2.12. The Kier molecular flexibility index (Phi) is 4.79. The molecule has 0 spiro atoms. The summed E-state index contributed by atoms with van der Waals surface area (Å²) in [5.41, 5.74) is 5.15. The van der Waals surface area contributed by atoms with Gasteiger partial charge in [0.1, 0.15) is 0 Å². The molecule has 0 unspecified atom stereocenters. The van der Waals surface area contributed by atoms with Crippen molar-refractivity contribution in [2.75, 3.05) is 5.01 Å². The number of hydrogen-bond donors (Lipinski definition) is 0. The lowest BCUT2D eigenvalue weighted by Gasteiger charge is -2.20. The van der Waals surface area contributed by atoms with Crippen LogP contribution in [0.4, 0.5) is 11.4 Å². The van der Waals surface area contributed by atoms with Crippen molar-refractivity contribution in [2.24, 2.45) is 5.10 Å². The minimum Gasteiger partial charge on any atom is -0.306 e. The minimum absolute atomic E-state index is 0.944. The number of para-hydroxylation sites is 2. The summed E-state index contributed by atoms with van der Waals surface area (Å²) in [5, 5.41) is 6.88. The van der Waals surface area contributed by atoms with Gasteiger partial charge in [0.2, 0.25) is 0 Å². The maximum Gasteiger partial charge on any atom is 0.0991 e. The number of nitrogens with zero attached hydrogens (tertiary/aromatic N) is 4. The van der Waals surface area contributed by atoms with Gasteiger partial charge in [-0.15, -0.1) is 0 Å². The molecule has 0 aliphatic heterocycles. The van der Waals surface area contributed by atoms with E-state index < -0.39 is 0 Å². The van der Waals surface area contributed by atoms with E-state index in [1.165, 1.54) is 0 Å². The Morgan fingerprint density at radius 3 is 1.93 bits per heavy atom. The molecule has 0 radical (unpaired) electrons. The minimum atomic E-state index is 0.944. The highest BCUT2D eigenvalue weighted by Gasteiger charge is 2.09. The number of hydrogen-bond acceptors (Lipinski definition) is 3. The SMILES string of the molecule is C/C(=N\N(c1ccccc1)c1ccccc1)c1ccc(-n2ccnc2)cc1. The average Bonchev–Trinajstić information content (AvgIpc) is 3.28. The van der Waals surface area contributed by atoms with E-state index in [2.05, 4.69) is 53.5 Å². The van der Waals surface area contributed by atoms with Gasteiger partial charge in [0, 0.05) is 18.1 Å². The maximum atomic E-state index is 4.91. The van der Waals surface area contributed by atoms with E-state index in [0.717, 1.165) is 28.3 Å². The van der Waals surface area contributed by atoms with Crippen LogP contribution in [0.3, 0.4) is 0 Å². The Morgan fingerprint density at radius 2 is 1.41 bits per heavy atom. The molecular weight excluding hydrogens is 332 g/mol. The van der Waals surface area contributed by atoms with E-state index in [4.69, 9.17) is 5.10 Å². The fraction of sp³-hybridized carbons (Fsp3) is 0.0435. The van der Waals surface area contributed by atoms with Crippen molar-refractivity contribution >= 4 is 17.1 Å².